The van der Waals surface area contributed by atoms with Gasteiger partial charge in [0.15, 0.2) is 5.92 Å². The van der Waals surface area contributed by atoms with E-state index in [4.69, 9.17) is 18.9 Å². The molecule has 1 aromatic carbocycles. The van der Waals surface area contributed by atoms with Crippen LogP contribution in [0.3, 0.4) is 0 Å². The minimum absolute atomic E-state index is 0.133. The molecule has 7 heteroatoms. The van der Waals surface area contributed by atoms with Crippen molar-refractivity contribution in [1.29, 1.82) is 0 Å². The summed E-state index contributed by atoms with van der Waals surface area (Å²) in [4.78, 5) is 36.4. The minimum atomic E-state index is -1.24. The molecule has 0 saturated heterocycles. The van der Waals surface area contributed by atoms with Gasteiger partial charge in [-0.25, -0.2) is 4.79 Å². The summed E-state index contributed by atoms with van der Waals surface area (Å²) in [6.07, 6.45) is 0. The van der Waals surface area contributed by atoms with Gasteiger partial charge in [0.2, 0.25) is 0 Å². The average molecular weight is 352 g/mol. The molecule has 0 radical (unpaired) electrons. The Morgan fingerprint density at radius 1 is 0.840 bits per heavy atom. The molecule has 1 aromatic rings. The highest BCUT2D eigenvalue weighted by Gasteiger charge is 2.32. The number of hydrogen-bond donors (Lipinski definition) is 0. The van der Waals surface area contributed by atoms with Gasteiger partial charge in [-0.3, -0.25) is 9.59 Å². The summed E-state index contributed by atoms with van der Waals surface area (Å²) in [5.74, 6) is -2.98. The highest BCUT2D eigenvalue weighted by atomic mass is 16.6. The molecule has 0 bridgehead atoms. The van der Waals surface area contributed by atoms with Crippen molar-refractivity contribution in [3.8, 4) is 5.75 Å². The standard InChI is InChI=1S/C18H24O7/c1-5-22-14-11-12(9-10-13(14)16(19)23-6-2)15(17(20)24-7-3)18(21)25-8-4/h9-11,15H,5-8H2,1-4H3. The molecule has 0 aliphatic rings. The van der Waals surface area contributed by atoms with Crippen LogP contribution >= 0.6 is 0 Å². The van der Waals surface area contributed by atoms with E-state index >= 15 is 0 Å². The van der Waals surface area contributed by atoms with Gasteiger partial charge in [0, 0.05) is 0 Å². The quantitative estimate of drug-likeness (QED) is 0.383. The van der Waals surface area contributed by atoms with Gasteiger partial charge in [-0.1, -0.05) is 6.07 Å². The van der Waals surface area contributed by atoms with Crippen LogP contribution in [0.25, 0.3) is 0 Å². The van der Waals surface area contributed by atoms with Crippen molar-refractivity contribution in [2.75, 3.05) is 26.4 Å². The number of ether oxygens (including phenoxy) is 4. The Morgan fingerprint density at radius 2 is 1.40 bits per heavy atom. The lowest BCUT2D eigenvalue weighted by Gasteiger charge is -2.17. The number of benzene rings is 1. The van der Waals surface area contributed by atoms with Gasteiger partial charge >= 0.3 is 17.9 Å². The van der Waals surface area contributed by atoms with E-state index in [0.717, 1.165) is 0 Å². The third-order valence-corrected chi connectivity index (χ3v) is 3.18. The van der Waals surface area contributed by atoms with E-state index in [2.05, 4.69) is 0 Å². The predicted octanol–water partition coefficient (Wildman–Crippen LogP) is 2.47. The molecule has 0 aromatic heterocycles. The molecule has 0 fully saturated rings. The van der Waals surface area contributed by atoms with Crippen molar-refractivity contribution < 1.29 is 33.3 Å². The van der Waals surface area contributed by atoms with Crippen LogP contribution in [0.15, 0.2) is 18.2 Å². The number of carbonyl (C=O) groups is 3. The van der Waals surface area contributed by atoms with Crippen LogP contribution in [-0.4, -0.2) is 44.3 Å². The molecule has 0 spiro atoms. The van der Waals surface area contributed by atoms with E-state index in [1.165, 1.54) is 18.2 Å². The van der Waals surface area contributed by atoms with Crippen molar-refractivity contribution in [1.82, 2.24) is 0 Å². The van der Waals surface area contributed by atoms with E-state index < -0.39 is 23.8 Å². The number of hydrogen-bond acceptors (Lipinski definition) is 7. The maximum absolute atomic E-state index is 12.2. The number of rotatable bonds is 9. The normalized spacial score (nSPS) is 10.3. The van der Waals surface area contributed by atoms with E-state index in [0.29, 0.717) is 12.2 Å². The molecule has 0 N–H and O–H groups in total. The van der Waals surface area contributed by atoms with Crippen molar-refractivity contribution in [3.05, 3.63) is 29.3 Å². The first-order valence-corrected chi connectivity index (χ1v) is 8.27. The molecule has 1 rings (SSSR count). The Labute approximate surface area is 147 Å². The fourth-order valence-corrected chi connectivity index (χ4v) is 2.19. The molecular weight excluding hydrogens is 328 g/mol. The predicted molar refractivity (Wildman–Crippen MR) is 89.6 cm³/mol. The van der Waals surface area contributed by atoms with Crippen LogP contribution in [0.4, 0.5) is 0 Å². The SMILES string of the molecule is CCOC(=O)c1ccc(C(C(=O)OCC)C(=O)OCC)cc1OCC. The zero-order valence-electron chi connectivity index (χ0n) is 15.0. The van der Waals surface area contributed by atoms with Gasteiger partial charge in [0.1, 0.15) is 11.3 Å². The first kappa shape index (κ1) is 20.5. The molecule has 0 aliphatic carbocycles. The van der Waals surface area contributed by atoms with E-state index in [1.54, 1.807) is 27.7 Å². The molecule has 0 saturated carbocycles. The van der Waals surface area contributed by atoms with Gasteiger partial charge in [0.05, 0.1) is 26.4 Å². The van der Waals surface area contributed by atoms with Crippen molar-refractivity contribution in [2.24, 2.45) is 0 Å². The average Bonchev–Trinajstić information content (AvgIpc) is 2.56. The third kappa shape index (κ3) is 5.48. The summed E-state index contributed by atoms with van der Waals surface area (Å²) >= 11 is 0. The highest BCUT2D eigenvalue weighted by molar-refractivity contribution is 6.01. The topological polar surface area (TPSA) is 88.1 Å². The Hall–Kier alpha value is -2.57. The maximum Gasteiger partial charge on any atom is 0.341 e. The number of carbonyl (C=O) groups excluding carboxylic acids is 3. The van der Waals surface area contributed by atoms with Crippen LogP contribution in [0, 0.1) is 0 Å². The molecular formula is C18H24O7. The second-order valence-corrected chi connectivity index (χ2v) is 4.85. The van der Waals surface area contributed by atoms with E-state index in [1.807, 2.05) is 0 Å². The van der Waals surface area contributed by atoms with Gasteiger partial charge in [0.25, 0.3) is 0 Å². The highest BCUT2D eigenvalue weighted by Crippen LogP contribution is 2.28. The van der Waals surface area contributed by atoms with Gasteiger partial charge in [-0.15, -0.1) is 0 Å². The van der Waals surface area contributed by atoms with Gasteiger partial charge in [-0.05, 0) is 45.4 Å². The Kier molecular flexibility index (Phi) is 8.46. The largest absolute Gasteiger partial charge is 0.493 e. The fourth-order valence-electron chi connectivity index (χ4n) is 2.19. The summed E-state index contributed by atoms with van der Waals surface area (Å²) < 4.78 is 20.4. The summed E-state index contributed by atoms with van der Waals surface area (Å²) in [5, 5.41) is 0. The van der Waals surface area contributed by atoms with Crippen LogP contribution in [0.5, 0.6) is 5.75 Å². The minimum Gasteiger partial charge on any atom is -0.493 e. The summed E-state index contributed by atoms with van der Waals surface area (Å²) in [6.45, 7) is 7.55. The lowest BCUT2D eigenvalue weighted by molar-refractivity contribution is -0.156. The molecule has 0 heterocycles. The van der Waals surface area contributed by atoms with Crippen LogP contribution in [-0.2, 0) is 23.8 Å². The molecule has 138 valence electrons. The van der Waals surface area contributed by atoms with Crippen molar-refractivity contribution in [3.63, 3.8) is 0 Å². The lowest BCUT2D eigenvalue weighted by Crippen LogP contribution is -2.26. The Morgan fingerprint density at radius 3 is 1.88 bits per heavy atom. The second kappa shape index (κ2) is 10.3. The molecule has 0 amide bonds. The smallest absolute Gasteiger partial charge is 0.341 e. The first-order valence-electron chi connectivity index (χ1n) is 8.27. The Balaban J connectivity index is 3.30. The zero-order valence-corrected chi connectivity index (χ0v) is 15.0. The van der Waals surface area contributed by atoms with Crippen molar-refractivity contribution in [2.45, 2.75) is 33.6 Å². The summed E-state index contributed by atoms with van der Waals surface area (Å²) in [6, 6.07) is 4.42. The number of esters is 3. The zero-order chi connectivity index (χ0) is 18.8. The first-order chi connectivity index (χ1) is 12.0. The summed E-state index contributed by atoms with van der Waals surface area (Å²) in [7, 11) is 0. The lowest BCUT2D eigenvalue weighted by atomic mass is 9.97. The van der Waals surface area contributed by atoms with Gasteiger partial charge in [-0.2, -0.15) is 0 Å². The van der Waals surface area contributed by atoms with Crippen molar-refractivity contribution >= 4 is 17.9 Å². The summed E-state index contributed by atoms with van der Waals surface area (Å²) in [5.41, 5.74) is 0.548. The maximum atomic E-state index is 12.2. The van der Waals surface area contributed by atoms with Crippen LogP contribution in [0.1, 0.15) is 49.5 Å². The molecule has 0 aliphatic heterocycles. The third-order valence-electron chi connectivity index (χ3n) is 3.18. The second-order valence-electron chi connectivity index (χ2n) is 4.85. The van der Waals surface area contributed by atoms with E-state index in [9.17, 15) is 14.4 Å². The Bertz CT molecular complexity index is 591. The molecule has 7 nitrogen and oxygen atoms in total. The van der Waals surface area contributed by atoms with Crippen LogP contribution in [0.2, 0.25) is 0 Å². The molecule has 0 unspecified atom stereocenters. The van der Waals surface area contributed by atoms with E-state index in [-0.39, 0.29) is 31.1 Å². The van der Waals surface area contributed by atoms with Crippen LogP contribution < -0.4 is 4.74 Å². The molecule has 25 heavy (non-hydrogen) atoms. The molecule has 0 atom stereocenters. The fraction of sp³-hybridized carbons (Fsp3) is 0.500. The van der Waals surface area contributed by atoms with Gasteiger partial charge < -0.3 is 18.9 Å². The monoisotopic (exact) mass is 352 g/mol.